The summed E-state index contributed by atoms with van der Waals surface area (Å²) in [5, 5.41) is 0. The van der Waals surface area contributed by atoms with Crippen LogP contribution >= 0.6 is 67.8 Å². The molecule has 0 radical (unpaired) electrons. The van der Waals surface area contributed by atoms with Crippen LogP contribution in [0.3, 0.4) is 0 Å². The van der Waals surface area contributed by atoms with E-state index in [9.17, 15) is 4.39 Å². The van der Waals surface area contributed by atoms with E-state index in [-0.39, 0.29) is 6.11 Å². The molecule has 0 fully saturated rings. The first kappa shape index (κ1) is 8.12. The van der Waals surface area contributed by atoms with Crippen LogP contribution in [0.1, 0.15) is 0 Å². The highest BCUT2D eigenvalue weighted by molar-refractivity contribution is 14.3. The van der Waals surface area contributed by atoms with E-state index in [0.29, 0.717) is 0 Å². The molecule has 0 aromatic carbocycles. The zero-order chi connectivity index (χ0) is 5.21. The molecule has 0 saturated heterocycles. The molecule has 0 N–H and O–H groups in total. The van der Waals surface area contributed by atoms with E-state index in [0.717, 1.165) is 0 Å². The van der Waals surface area contributed by atoms with Gasteiger partial charge >= 0.3 is 0 Å². The topological polar surface area (TPSA) is 0 Å². The van der Waals surface area contributed by atoms with Crippen LogP contribution in [0.25, 0.3) is 0 Å². The van der Waals surface area contributed by atoms with Crippen molar-refractivity contribution < 1.29 is 4.39 Å². The summed E-state index contributed by atoms with van der Waals surface area (Å²) < 4.78 is 11.3. The number of hydrogen-bond acceptors (Lipinski definition) is 0. The first-order valence-electron chi connectivity index (χ1n) is 1.19. The molecule has 0 unspecified atom stereocenters. The molecule has 0 rings (SSSR count). The van der Waals surface area contributed by atoms with Crippen molar-refractivity contribution in [3.05, 3.63) is 0 Å². The lowest BCUT2D eigenvalue weighted by Gasteiger charge is -2.01. The Morgan fingerprint density at radius 1 is 1.33 bits per heavy atom. The molecular weight excluding hydrogens is 424 g/mol. The van der Waals surface area contributed by atoms with Crippen molar-refractivity contribution in [2.75, 3.05) is 6.67 Å². The summed E-state index contributed by atoms with van der Waals surface area (Å²) in [4.78, 5) is 0. The third-order valence-electron chi connectivity index (χ3n) is 0.152. The maximum atomic E-state index is 11.5. The lowest BCUT2D eigenvalue weighted by molar-refractivity contribution is 0.527. The van der Waals surface area contributed by atoms with Crippen LogP contribution in [0, 0.1) is 0 Å². The van der Waals surface area contributed by atoms with Gasteiger partial charge in [0.05, 0.1) is 0 Å². The number of hydrogen-bond donors (Lipinski definition) is 0. The smallest absolute Gasteiger partial charge is 0.152 e. The van der Waals surface area contributed by atoms with Gasteiger partial charge in [-0.3, -0.25) is 0 Å². The van der Waals surface area contributed by atoms with Gasteiger partial charge in [0.15, 0.2) is -0.565 Å². The Kier molecular flexibility index (Phi) is 4.34. The molecular formula is C2H2FI3. The van der Waals surface area contributed by atoms with Gasteiger partial charge in [0, 0.05) is 0 Å². The van der Waals surface area contributed by atoms with Crippen molar-refractivity contribution in [1.82, 2.24) is 0 Å². The van der Waals surface area contributed by atoms with Crippen LogP contribution in [-0.2, 0) is 0 Å². The SMILES string of the molecule is FCC(I)(I)I. The molecule has 0 aromatic rings. The normalized spacial score (nSPS) is 12.0. The van der Waals surface area contributed by atoms with Gasteiger partial charge in [-0.25, -0.2) is 4.39 Å². The summed E-state index contributed by atoms with van der Waals surface area (Å²) >= 11 is 6.12. The molecule has 4 heteroatoms. The van der Waals surface area contributed by atoms with Crippen LogP contribution in [0.4, 0.5) is 4.39 Å². The number of halogens is 4. The van der Waals surface area contributed by atoms with Crippen molar-refractivity contribution in [2.45, 2.75) is -0.565 Å². The van der Waals surface area contributed by atoms with Gasteiger partial charge in [0.25, 0.3) is 0 Å². The molecule has 0 nitrogen and oxygen atoms in total. The predicted octanol–water partition coefficient (Wildman–Crippen LogP) is 2.91. The van der Waals surface area contributed by atoms with Crippen molar-refractivity contribution in [3.63, 3.8) is 0 Å². The minimum Gasteiger partial charge on any atom is -0.248 e. The third-order valence-corrected chi connectivity index (χ3v) is 1.02. The lowest BCUT2D eigenvalue weighted by Crippen LogP contribution is -1.98. The van der Waals surface area contributed by atoms with Gasteiger partial charge in [-0.05, 0) is 0 Å². The molecule has 0 aromatic heterocycles. The summed E-state index contributed by atoms with van der Waals surface area (Å²) in [6.45, 7) is -0.269. The highest BCUT2D eigenvalue weighted by atomic mass is 127. The van der Waals surface area contributed by atoms with E-state index in [4.69, 9.17) is 0 Å². The van der Waals surface area contributed by atoms with Gasteiger partial charge in [0.1, 0.15) is 6.67 Å². The average Bonchev–Trinajstić information content (AvgIpc) is 1.35. The fourth-order valence-electron chi connectivity index (χ4n) is 0. The zero-order valence-electron chi connectivity index (χ0n) is 2.72. The molecule has 0 saturated carbocycles. The van der Waals surface area contributed by atoms with Crippen LogP contribution in [0.2, 0.25) is 0 Å². The second-order valence-electron chi connectivity index (χ2n) is 0.749. The Balaban J connectivity index is 3.17. The Morgan fingerprint density at radius 2 is 1.50 bits per heavy atom. The summed E-state index contributed by atoms with van der Waals surface area (Å²) in [6.07, 6.45) is 0. The van der Waals surface area contributed by atoms with Crippen molar-refractivity contribution in [1.29, 1.82) is 0 Å². The predicted molar refractivity (Wildman–Crippen MR) is 50.8 cm³/mol. The van der Waals surface area contributed by atoms with Crippen LogP contribution in [-0.4, -0.2) is 6.11 Å². The lowest BCUT2D eigenvalue weighted by atomic mass is 10.9. The molecule has 0 aliphatic heterocycles. The van der Waals surface area contributed by atoms with E-state index >= 15 is 0 Å². The molecule has 0 amide bonds. The molecule has 0 spiro atoms. The van der Waals surface area contributed by atoms with Crippen LogP contribution in [0.5, 0.6) is 0 Å². The quantitative estimate of drug-likeness (QED) is 0.448. The Labute approximate surface area is 77.1 Å². The molecule has 0 bridgehead atoms. The molecule has 38 valence electrons. The fourth-order valence-corrected chi connectivity index (χ4v) is 0. The Hall–Kier alpha value is 2.12. The minimum atomic E-state index is -0.269. The molecule has 0 heterocycles. The van der Waals surface area contributed by atoms with Gasteiger partial charge in [-0.15, -0.1) is 0 Å². The van der Waals surface area contributed by atoms with Crippen molar-refractivity contribution in [3.8, 4) is 0 Å². The minimum absolute atomic E-state index is 0.215. The number of alkyl halides is 4. The number of rotatable bonds is 1. The van der Waals surface area contributed by atoms with Gasteiger partial charge in [-0.2, -0.15) is 0 Å². The monoisotopic (exact) mass is 426 g/mol. The van der Waals surface area contributed by atoms with E-state index in [1.807, 2.05) is 67.8 Å². The summed E-state index contributed by atoms with van der Waals surface area (Å²) in [6, 6.07) is 0. The summed E-state index contributed by atoms with van der Waals surface area (Å²) in [7, 11) is 0. The molecule has 0 aliphatic carbocycles. The highest BCUT2D eigenvalue weighted by Gasteiger charge is 2.14. The maximum Gasteiger partial charge on any atom is 0.152 e. The van der Waals surface area contributed by atoms with E-state index in [2.05, 4.69) is 0 Å². The molecule has 0 atom stereocenters. The standard InChI is InChI=1S/C2H2FI3/c3-1-2(4,5)6/h1H2. The zero-order valence-corrected chi connectivity index (χ0v) is 9.19. The van der Waals surface area contributed by atoms with E-state index in [1.165, 1.54) is 0 Å². The van der Waals surface area contributed by atoms with Gasteiger partial charge in [0.2, 0.25) is 0 Å². The molecule has 6 heavy (non-hydrogen) atoms. The first-order chi connectivity index (χ1) is 2.56. The second-order valence-corrected chi connectivity index (χ2v) is 12.5. The van der Waals surface area contributed by atoms with Crippen LogP contribution < -0.4 is 0 Å². The van der Waals surface area contributed by atoms with Gasteiger partial charge < -0.3 is 0 Å². The second kappa shape index (κ2) is 3.21. The highest BCUT2D eigenvalue weighted by Crippen LogP contribution is 2.35. The Bertz CT molecular complexity index is 38.5. The first-order valence-corrected chi connectivity index (χ1v) is 4.42. The third kappa shape index (κ3) is 6.12. The van der Waals surface area contributed by atoms with Crippen molar-refractivity contribution in [2.24, 2.45) is 0 Å². The molecule has 0 aliphatic rings. The summed E-state index contributed by atoms with van der Waals surface area (Å²) in [5.41, 5.74) is 0. The Morgan fingerprint density at radius 3 is 1.50 bits per heavy atom. The van der Waals surface area contributed by atoms with E-state index < -0.39 is 0 Å². The largest absolute Gasteiger partial charge is 0.248 e. The van der Waals surface area contributed by atoms with Gasteiger partial charge in [-0.1, -0.05) is 67.8 Å². The average molecular weight is 426 g/mol. The maximum absolute atomic E-state index is 11.5. The van der Waals surface area contributed by atoms with Crippen molar-refractivity contribution >= 4 is 67.8 Å². The van der Waals surface area contributed by atoms with Crippen LogP contribution in [0.15, 0.2) is 0 Å². The fraction of sp³-hybridized carbons (Fsp3) is 1.00. The summed E-state index contributed by atoms with van der Waals surface area (Å²) in [5.74, 6) is 0. The van der Waals surface area contributed by atoms with E-state index in [1.54, 1.807) is 0 Å².